The van der Waals surface area contributed by atoms with Gasteiger partial charge in [0, 0.05) is 43.4 Å². The van der Waals surface area contributed by atoms with Crippen LogP contribution in [0.25, 0.3) is 16.9 Å². The van der Waals surface area contributed by atoms with E-state index in [4.69, 9.17) is 14.6 Å². The van der Waals surface area contributed by atoms with E-state index in [0.717, 1.165) is 16.8 Å². The second-order valence-electron chi connectivity index (χ2n) is 9.40. The van der Waals surface area contributed by atoms with Gasteiger partial charge < -0.3 is 14.8 Å². The smallest absolute Gasteiger partial charge is 0.320 e. The molecule has 202 valence electrons. The van der Waals surface area contributed by atoms with Gasteiger partial charge in [0.1, 0.15) is 23.4 Å². The highest BCUT2D eigenvalue weighted by molar-refractivity contribution is 5.91. The lowest BCUT2D eigenvalue weighted by molar-refractivity contribution is 0.0210. The Hall–Kier alpha value is -4.22. The maximum absolute atomic E-state index is 13.9. The van der Waals surface area contributed by atoms with Gasteiger partial charge in [-0.15, -0.1) is 0 Å². The van der Waals surface area contributed by atoms with Gasteiger partial charge in [0.15, 0.2) is 0 Å². The zero-order valence-corrected chi connectivity index (χ0v) is 22.0. The van der Waals surface area contributed by atoms with Gasteiger partial charge in [-0.1, -0.05) is 18.2 Å². The first kappa shape index (κ1) is 26.4. The van der Waals surface area contributed by atoms with Crippen molar-refractivity contribution in [3.05, 3.63) is 84.0 Å². The van der Waals surface area contributed by atoms with Crippen LogP contribution in [0.4, 0.5) is 15.0 Å². The molecule has 1 saturated heterocycles. The minimum atomic E-state index is -0.602. The number of urea groups is 1. The van der Waals surface area contributed by atoms with Crippen molar-refractivity contribution in [1.82, 2.24) is 30.0 Å². The van der Waals surface area contributed by atoms with Gasteiger partial charge in [-0.25, -0.2) is 24.4 Å². The minimum absolute atomic E-state index is 0.152. The maximum atomic E-state index is 13.9. The zero-order chi connectivity index (χ0) is 27.4. The fraction of sp³-hybridized carbons (Fsp3) is 0.321. The molecule has 0 radical (unpaired) electrons. The summed E-state index contributed by atoms with van der Waals surface area (Å²) in [6.45, 7) is 4.22. The van der Waals surface area contributed by atoms with E-state index in [1.54, 1.807) is 30.3 Å². The normalized spacial score (nSPS) is 18.7. The molecule has 3 atom stereocenters. The monoisotopic (exact) mass is 531 g/mol. The lowest BCUT2D eigenvalue weighted by Crippen LogP contribution is -2.40. The van der Waals surface area contributed by atoms with Gasteiger partial charge in [-0.2, -0.15) is 9.49 Å². The second kappa shape index (κ2) is 11.7. The number of carbonyl (C=O) groups is 1. The molecule has 0 aliphatic carbocycles. The van der Waals surface area contributed by atoms with E-state index >= 15 is 0 Å². The number of benzene rings is 1. The van der Waals surface area contributed by atoms with Crippen molar-refractivity contribution in [2.45, 2.75) is 44.9 Å². The quantitative estimate of drug-likeness (QED) is 0.321. The number of ether oxygens (including phenoxy) is 2. The summed E-state index contributed by atoms with van der Waals surface area (Å²) in [7, 11) is 1.63. The number of pyridine rings is 1. The summed E-state index contributed by atoms with van der Waals surface area (Å²) in [5, 5.41) is 10.8. The predicted molar refractivity (Wildman–Crippen MR) is 143 cm³/mol. The van der Waals surface area contributed by atoms with Crippen LogP contribution in [0.5, 0.6) is 0 Å². The van der Waals surface area contributed by atoms with Crippen LogP contribution in [0.3, 0.4) is 0 Å². The van der Waals surface area contributed by atoms with Crippen LogP contribution < -0.4 is 10.6 Å². The number of amides is 2. The summed E-state index contributed by atoms with van der Waals surface area (Å²) in [5.41, 5.74) is 3.54. The average molecular weight is 532 g/mol. The highest BCUT2D eigenvalue weighted by atomic mass is 19.1. The number of carbonyl (C=O) groups excluding carboxylic acids is 1. The molecule has 1 aliphatic heterocycles. The second-order valence-corrected chi connectivity index (χ2v) is 9.40. The molecule has 2 amide bonds. The molecule has 1 fully saturated rings. The van der Waals surface area contributed by atoms with Crippen LogP contribution in [-0.4, -0.2) is 56.6 Å². The third-order valence-electron chi connectivity index (χ3n) is 6.67. The number of aromatic nitrogens is 5. The molecule has 0 unspecified atom stereocenters. The summed E-state index contributed by atoms with van der Waals surface area (Å²) in [6, 6.07) is 11.7. The number of nitrogens with one attached hydrogen (secondary N) is 2. The number of methoxy groups -OCH3 is 1. The largest absolute Gasteiger partial charge is 0.385 e. The van der Waals surface area contributed by atoms with Crippen LogP contribution >= 0.6 is 0 Å². The van der Waals surface area contributed by atoms with E-state index in [-0.39, 0.29) is 6.10 Å². The van der Waals surface area contributed by atoms with Gasteiger partial charge in [-0.05, 0) is 56.5 Å². The Labute approximate surface area is 225 Å². The zero-order valence-electron chi connectivity index (χ0n) is 22.0. The highest BCUT2D eigenvalue weighted by Crippen LogP contribution is 2.35. The number of anilines is 1. The number of halogens is 1. The number of hydrogen-bond acceptors (Lipinski definition) is 7. The molecular formula is C28H30FN7O3. The van der Waals surface area contributed by atoms with E-state index in [1.165, 1.54) is 12.3 Å². The Morgan fingerprint density at radius 2 is 1.92 bits per heavy atom. The van der Waals surface area contributed by atoms with Crippen molar-refractivity contribution in [3.8, 4) is 16.9 Å². The molecule has 11 heteroatoms. The number of rotatable bonds is 8. The molecule has 4 heterocycles. The van der Waals surface area contributed by atoms with Crippen LogP contribution in [0.15, 0.2) is 61.1 Å². The lowest BCUT2D eigenvalue weighted by Gasteiger charge is -2.21. The molecule has 4 aromatic rings. The van der Waals surface area contributed by atoms with Gasteiger partial charge in [-0.3, -0.25) is 5.32 Å². The van der Waals surface area contributed by atoms with Gasteiger partial charge >= 0.3 is 6.03 Å². The molecule has 2 N–H and O–H groups in total. The molecule has 1 aliphatic rings. The summed E-state index contributed by atoms with van der Waals surface area (Å²) in [6.07, 6.45) is 5.34. The highest BCUT2D eigenvalue weighted by Gasteiger charge is 2.37. The average Bonchev–Trinajstić information content (AvgIpc) is 3.49. The standard InChI is InChI=1S/C28H30FN7O3/c1-17-25(20-15-31-18(2)32-16-20)35-36(21-7-5-4-6-8-21)27(17)34-28(37)33-23-14-22(10-12-38-3)39-26(23)19-9-11-30-24(29)13-19/h4-9,11,13,15-16,22-23,26H,10,12,14H2,1-3H3,(H2,33,34,37)/t22-,23-,26+/m1/s1. The minimum Gasteiger partial charge on any atom is -0.385 e. The summed E-state index contributed by atoms with van der Waals surface area (Å²) < 4.78 is 27.0. The van der Waals surface area contributed by atoms with Crippen LogP contribution in [0.2, 0.25) is 0 Å². The molecular weight excluding hydrogens is 501 g/mol. The fourth-order valence-corrected chi connectivity index (χ4v) is 4.74. The summed E-state index contributed by atoms with van der Waals surface area (Å²) in [4.78, 5) is 25.6. The first-order valence-electron chi connectivity index (χ1n) is 12.7. The van der Waals surface area contributed by atoms with Crippen molar-refractivity contribution in [2.75, 3.05) is 19.0 Å². The third kappa shape index (κ3) is 5.94. The van der Waals surface area contributed by atoms with Crippen molar-refractivity contribution >= 4 is 11.8 Å². The van der Waals surface area contributed by atoms with Crippen molar-refractivity contribution < 1.29 is 18.7 Å². The Bertz CT molecular complexity index is 1430. The van der Waals surface area contributed by atoms with E-state index in [9.17, 15) is 9.18 Å². The molecule has 3 aromatic heterocycles. The number of nitrogens with zero attached hydrogens (tertiary/aromatic N) is 5. The molecule has 1 aromatic carbocycles. The fourth-order valence-electron chi connectivity index (χ4n) is 4.74. The lowest BCUT2D eigenvalue weighted by atomic mass is 10.0. The first-order valence-corrected chi connectivity index (χ1v) is 12.7. The number of aryl methyl sites for hydroxylation is 1. The Balaban J connectivity index is 1.42. The van der Waals surface area contributed by atoms with Crippen molar-refractivity contribution in [2.24, 2.45) is 0 Å². The number of para-hydroxylation sites is 1. The van der Waals surface area contributed by atoms with E-state index in [2.05, 4.69) is 25.6 Å². The molecule has 10 nitrogen and oxygen atoms in total. The Morgan fingerprint density at radius 3 is 2.64 bits per heavy atom. The van der Waals surface area contributed by atoms with E-state index in [0.29, 0.717) is 42.3 Å². The molecule has 0 spiro atoms. The summed E-state index contributed by atoms with van der Waals surface area (Å²) in [5.74, 6) is 0.563. The molecule has 39 heavy (non-hydrogen) atoms. The molecule has 0 bridgehead atoms. The SMILES string of the molecule is COCC[C@@H]1C[C@@H](NC(=O)Nc2c(C)c(-c3cnc(C)nc3)nn2-c2ccccc2)[C@H](c2ccnc(F)c2)O1. The van der Waals surface area contributed by atoms with E-state index < -0.39 is 24.1 Å². The molecule has 5 rings (SSSR count). The van der Waals surface area contributed by atoms with Crippen LogP contribution in [0.1, 0.15) is 35.9 Å². The maximum Gasteiger partial charge on any atom is 0.320 e. The van der Waals surface area contributed by atoms with Crippen LogP contribution in [0, 0.1) is 19.8 Å². The predicted octanol–water partition coefficient (Wildman–Crippen LogP) is 4.54. The number of hydrogen-bond donors (Lipinski definition) is 2. The van der Waals surface area contributed by atoms with Gasteiger partial charge in [0.2, 0.25) is 5.95 Å². The first-order chi connectivity index (χ1) is 18.9. The van der Waals surface area contributed by atoms with Crippen molar-refractivity contribution in [1.29, 1.82) is 0 Å². The Kier molecular flexibility index (Phi) is 7.89. The van der Waals surface area contributed by atoms with Gasteiger partial charge in [0.05, 0.1) is 17.8 Å². The van der Waals surface area contributed by atoms with Crippen molar-refractivity contribution in [3.63, 3.8) is 0 Å². The topological polar surface area (TPSA) is 116 Å². The molecule has 0 saturated carbocycles. The Morgan fingerprint density at radius 1 is 1.15 bits per heavy atom. The third-order valence-corrected chi connectivity index (χ3v) is 6.67. The van der Waals surface area contributed by atoms with E-state index in [1.807, 2.05) is 44.2 Å². The van der Waals surface area contributed by atoms with Crippen LogP contribution in [-0.2, 0) is 9.47 Å². The summed E-state index contributed by atoms with van der Waals surface area (Å²) >= 11 is 0. The van der Waals surface area contributed by atoms with Gasteiger partial charge in [0.25, 0.3) is 0 Å².